The second-order valence-electron chi connectivity index (χ2n) is 4.51. The summed E-state index contributed by atoms with van der Waals surface area (Å²) in [5.74, 6) is 1.78. The molecule has 2 rings (SSSR count). The van der Waals surface area contributed by atoms with Crippen LogP contribution in [0.3, 0.4) is 0 Å². The molecule has 0 aromatic heterocycles. The minimum absolute atomic E-state index is 0.467. The summed E-state index contributed by atoms with van der Waals surface area (Å²) in [6, 6.07) is 8.67. The van der Waals surface area contributed by atoms with Crippen LogP contribution < -0.4 is 5.32 Å². The number of nitrogens with zero attached hydrogens (tertiary/aromatic N) is 1. The summed E-state index contributed by atoms with van der Waals surface area (Å²) in [5, 5.41) is 4.44. The lowest BCUT2D eigenvalue weighted by atomic mass is 10.0. The average Bonchev–Trinajstić information content (AvgIpc) is 2.32. The van der Waals surface area contributed by atoms with Crippen molar-refractivity contribution in [2.45, 2.75) is 26.3 Å². The van der Waals surface area contributed by atoms with Crippen LogP contribution in [0.2, 0.25) is 0 Å². The highest BCUT2D eigenvalue weighted by Crippen LogP contribution is 2.24. The van der Waals surface area contributed by atoms with Crippen LogP contribution in [-0.2, 0) is 0 Å². The fourth-order valence-electron chi connectivity index (χ4n) is 1.74. The summed E-state index contributed by atoms with van der Waals surface area (Å²) in [7, 11) is 0. The average molecular weight is 313 g/mol. The Morgan fingerprint density at radius 3 is 2.71 bits per heavy atom. The molecule has 1 aromatic rings. The number of halogens is 1. The van der Waals surface area contributed by atoms with Crippen molar-refractivity contribution in [2.75, 3.05) is 11.1 Å². The van der Waals surface area contributed by atoms with Gasteiger partial charge in [-0.2, -0.15) is 0 Å². The first kappa shape index (κ1) is 13.0. The Bertz CT molecular complexity index is 400. The molecule has 0 spiro atoms. The van der Waals surface area contributed by atoms with Gasteiger partial charge in [0.1, 0.15) is 0 Å². The summed E-state index contributed by atoms with van der Waals surface area (Å²) in [4.78, 5) is 4.76. The molecule has 0 aliphatic carbocycles. The van der Waals surface area contributed by atoms with E-state index in [1.165, 1.54) is 6.42 Å². The Labute approximate surface area is 115 Å². The first-order valence-corrected chi connectivity index (χ1v) is 7.66. The van der Waals surface area contributed by atoms with E-state index in [0.29, 0.717) is 12.0 Å². The molecule has 1 aliphatic heterocycles. The molecule has 1 aromatic carbocycles. The van der Waals surface area contributed by atoms with Gasteiger partial charge >= 0.3 is 0 Å². The second kappa shape index (κ2) is 5.91. The molecule has 0 bridgehead atoms. The minimum Gasteiger partial charge on any atom is -0.335 e. The highest BCUT2D eigenvalue weighted by molar-refractivity contribution is 9.10. The number of thioether (sulfide) groups is 1. The third kappa shape index (κ3) is 3.75. The van der Waals surface area contributed by atoms with Crippen molar-refractivity contribution in [3.05, 3.63) is 28.7 Å². The molecule has 4 heteroatoms. The van der Waals surface area contributed by atoms with Gasteiger partial charge in [0.2, 0.25) is 0 Å². The topological polar surface area (TPSA) is 24.4 Å². The van der Waals surface area contributed by atoms with Crippen molar-refractivity contribution in [1.29, 1.82) is 0 Å². The van der Waals surface area contributed by atoms with Crippen LogP contribution in [0.1, 0.15) is 20.3 Å². The zero-order valence-corrected chi connectivity index (χ0v) is 12.5. The van der Waals surface area contributed by atoms with Gasteiger partial charge in [-0.25, -0.2) is 0 Å². The maximum Gasteiger partial charge on any atom is 0.161 e. The van der Waals surface area contributed by atoms with E-state index in [9.17, 15) is 0 Å². The van der Waals surface area contributed by atoms with E-state index >= 15 is 0 Å². The van der Waals surface area contributed by atoms with Crippen LogP contribution in [0, 0.1) is 5.92 Å². The number of nitrogens with one attached hydrogen (secondary N) is 1. The van der Waals surface area contributed by atoms with Crippen molar-refractivity contribution in [3.63, 3.8) is 0 Å². The highest BCUT2D eigenvalue weighted by Gasteiger charge is 2.18. The number of hydrogen-bond donors (Lipinski definition) is 1. The zero-order valence-electron chi connectivity index (χ0n) is 10.1. The molecule has 0 saturated carbocycles. The Hall–Kier alpha value is -0.480. The van der Waals surface area contributed by atoms with E-state index in [-0.39, 0.29) is 0 Å². The van der Waals surface area contributed by atoms with Crippen molar-refractivity contribution < 1.29 is 0 Å². The number of amidine groups is 1. The minimum atomic E-state index is 0.467. The quantitative estimate of drug-likeness (QED) is 0.876. The van der Waals surface area contributed by atoms with Gasteiger partial charge < -0.3 is 5.32 Å². The number of benzene rings is 1. The van der Waals surface area contributed by atoms with Crippen LogP contribution in [-0.4, -0.2) is 17.0 Å². The number of hydrogen-bond acceptors (Lipinski definition) is 3. The van der Waals surface area contributed by atoms with E-state index in [1.54, 1.807) is 0 Å². The molecule has 1 unspecified atom stereocenters. The Morgan fingerprint density at radius 1 is 1.35 bits per heavy atom. The van der Waals surface area contributed by atoms with E-state index in [4.69, 9.17) is 4.99 Å². The molecular weight excluding hydrogens is 296 g/mol. The Morgan fingerprint density at radius 2 is 2.06 bits per heavy atom. The standard InChI is InChI=1S/C13H17BrN2S/c1-9(2)12-7-8-17-13(16-12)15-11-5-3-10(14)4-6-11/h3-6,9,12H,7-8H2,1-2H3,(H,15,16). The van der Waals surface area contributed by atoms with Gasteiger partial charge in [-0.3, -0.25) is 4.99 Å². The zero-order chi connectivity index (χ0) is 12.3. The van der Waals surface area contributed by atoms with Crippen LogP contribution >= 0.6 is 27.7 Å². The third-order valence-electron chi connectivity index (χ3n) is 2.80. The Kier molecular flexibility index (Phi) is 4.51. The largest absolute Gasteiger partial charge is 0.335 e. The molecule has 17 heavy (non-hydrogen) atoms. The predicted molar refractivity (Wildman–Crippen MR) is 80.9 cm³/mol. The number of rotatable bonds is 2. The van der Waals surface area contributed by atoms with Crippen molar-refractivity contribution >= 4 is 38.5 Å². The predicted octanol–water partition coefficient (Wildman–Crippen LogP) is 4.38. The molecule has 0 radical (unpaired) electrons. The van der Waals surface area contributed by atoms with E-state index in [1.807, 2.05) is 23.9 Å². The number of aliphatic imine (C=N–C) groups is 1. The molecule has 1 atom stereocenters. The van der Waals surface area contributed by atoms with Gasteiger partial charge in [0.15, 0.2) is 5.17 Å². The van der Waals surface area contributed by atoms with Crippen LogP contribution in [0.25, 0.3) is 0 Å². The lowest BCUT2D eigenvalue weighted by Crippen LogP contribution is -2.23. The molecule has 0 saturated heterocycles. The van der Waals surface area contributed by atoms with Crippen LogP contribution in [0.5, 0.6) is 0 Å². The fourth-order valence-corrected chi connectivity index (χ4v) is 2.95. The third-order valence-corrected chi connectivity index (χ3v) is 4.25. The molecular formula is C13H17BrN2S. The molecule has 1 heterocycles. The van der Waals surface area contributed by atoms with Gasteiger partial charge in [-0.1, -0.05) is 41.5 Å². The second-order valence-corrected chi connectivity index (χ2v) is 6.51. The van der Waals surface area contributed by atoms with Crippen LogP contribution in [0.15, 0.2) is 33.7 Å². The van der Waals surface area contributed by atoms with Gasteiger partial charge in [0.25, 0.3) is 0 Å². The maximum atomic E-state index is 4.76. The van der Waals surface area contributed by atoms with Gasteiger partial charge in [0, 0.05) is 15.9 Å². The van der Waals surface area contributed by atoms with Gasteiger partial charge in [-0.05, 0) is 36.6 Å². The van der Waals surface area contributed by atoms with E-state index < -0.39 is 0 Å². The molecule has 0 amide bonds. The molecule has 1 aliphatic rings. The van der Waals surface area contributed by atoms with E-state index in [2.05, 4.69) is 47.2 Å². The van der Waals surface area contributed by atoms with Gasteiger partial charge in [-0.15, -0.1) is 0 Å². The SMILES string of the molecule is CC(C)C1CCSC(Nc2ccc(Br)cc2)=N1. The normalized spacial score (nSPS) is 20.2. The maximum absolute atomic E-state index is 4.76. The number of anilines is 1. The molecule has 2 nitrogen and oxygen atoms in total. The monoisotopic (exact) mass is 312 g/mol. The lowest BCUT2D eigenvalue weighted by molar-refractivity contribution is 0.485. The summed E-state index contributed by atoms with van der Waals surface area (Å²) in [6.45, 7) is 4.48. The van der Waals surface area contributed by atoms with Gasteiger partial charge in [0.05, 0.1) is 6.04 Å². The van der Waals surface area contributed by atoms with Crippen molar-refractivity contribution in [2.24, 2.45) is 10.9 Å². The fraction of sp³-hybridized carbons (Fsp3) is 0.462. The first-order valence-electron chi connectivity index (χ1n) is 5.88. The summed E-state index contributed by atoms with van der Waals surface area (Å²) in [6.07, 6.45) is 1.19. The van der Waals surface area contributed by atoms with Crippen molar-refractivity contribution in [3.8, 4) is 0 Å². The van der Waals surface area contributed by atoms with E-state index in [0.717, 1.165) is 21.1 Å². The highest BCUT2D eigenvalue weighted by atomic mass is 79.9. The Balaban J connectivity index is 2.05. The molecule has 0 fully saturated rings. The molecule has 1 N–H and O–H groups in total. The first-order chi connectivity index (χ1) is 8.15. The van der Waals surface area contributed by atoms with Crippen molar-refractivity contribution in [1.82, 2.24) is 0 Å². The summed E-state index contributed by atoms with van der Waals surface area (Å²) >= 11 is 5.25. The lowest BCUT2D eigenvalue weighted by Gasteiger charge is -2.23. The molecule has 92 valence electrons. The van der Waals surface area contributed by atoms with Crippen LogP contribution in [0.4, 0.5) is 5.69 Å². The summed E-state index contributed by atoms with van der Waals surface area (Å²) in [5.41, 5.74) is 1.10. The summed E-state index contributed by atoms with van der Waals surface area (Å²) < 4.78 is 1.10. The smallest absolute Gasteiger partial charge is 0.161 e.